The maximum absolute atomic E-state index is 11.1. The molecule has 2 nitrogen and oxygen atoms in total. The van der Waals surface area contributed by atoms with Crippen LogP contribution in [0.3, 0.4) is 0 Å². The van der Waals surface area contributed by atoms with Gasteiger partial charge in [-0.15, -0.1) is 6.58 Å². The lowest BCUT2D eigenvalue weighted by Gasteiger charge is -2.46. The van der Waals surface area contributed by atoms with E-state index in [1.54, 1.807) is 11.8 Å². The van der Waals surface area contributed by atoms with Gasteiger partial charge in [-0.05, 0) is 6.42 Å². The van der Waals surface area contributed by atoms with E-state index in [0.29, 0.717) is 11.0 Å². The Morgan fingerprint density at radius 2 is 2.55 bits per heavy atom. The summed E-state index contributed by atoms with van der Waals surface area (Å²) in [4.78, 5) is 0. The largest absolute Gasteiger partial charge is 0.633 e. The van der Waals surface area contributed by atoms with Crippen LogP contribution in [-0.2, 0) is 0 Å². The van der Waals surface area contributed by atoms with Crippen molar-refractivity contribution < 1.29 is 5.06 Å². The Bertz CT molecular complexity index is 140. The topological polar surface area (TPSA) is 27.5 Å². The highest BCUT2D eigenvalue weighted by Gasteiger charge is 2.37. The van der Waals surface area contributed by atoms with Crippen molar-refractivity contribution in [2.24, 2.45) is 5.92 Å². The van der Waals surface area contributed by atoms with E-state index in [9.17, 15) is 5.21 Å². The van der Waals surface area contributed by atoms with Crippen molar-refractivity contribution >= 4 is 11.8 Å². The van der Waals surface area contributed by atoms with E-state index >= 15 is 0 Å². The first-order valence-electron chi connectivity index (χ1n) is 4.04. The highest BCUT2D eigenvalue weighted by molar-refractivity contribution is 7.99. The van der Waals surface area contributed by atoms with Crippen molar-refractivity contribution in [3.05, 3.63) is 17.9 Å². The quantitative estimate of drug-likeness (QED) is 0.499. The van der Waals surface area contributed by atoms with Crippen LogP contribution in [0.5, 0.6) is 0 Å². The van der Waals surface area contributed by atoms with Crippen LogP contribution in [0, 0.1) is 11.1 Å². The van der Waals surface area contributed by atoms with Crippen LogP contribution in [0.15, 0.2) is 12.7 Å². The van der Waals surface area contributed by atoms with Crippen molar-refractivity contribution in [2.75, 3.05) is 12.3 Å². The predicted octanol–water partition coefficient (Wildman–Crippen LogP) is 0.654. The van der Waals surface area contributed by atoms with Crippen LogP contribution in [0.1, 0.15) is 13.3 Å². The Balaban J connectivity index is 2.24. The van der Waals surface area contributed by atoms with Gasteiger partial charge < -0.3 is 10.3 Å². The second-order valence-electron chi connectivity index (χ2n) is 2.88. The van der Waals surface area contributed by atoms with Gasteiger partial charge in [0, 0.05) is 5.75 Å². The van der Waals surface area contributed by atoms with E-state index in [4.69, 9.17) is 0 Å². The molecule has 0 aromatic carbocycles. The standard InChI is InChI=1S/C8H15NOS/c1-3-5-11-8-7(4-2)6-9(8)10/h3,7-9H,1,4-6H2,2H3. The Morgan fingerprint density at radius 1 is 1.82 bits per heavy atom. The summed E-state index contributed by atoms with van der Waals surface area (Å²) in [7, 11) is 0. The summed E-state index contributed by atoms with van der Waals surface area (Å²) in [6.45, 7) is 6.60. The Morgan fingerprint density at radius 3 is 3.00 bits per heavy atom. The van der Waals surface area contributed by atoms with Crippen molar-refractivity contribution in [3.63, 3.8) is 0 Å². The lowest BCUT2D eigenvalue weighted by molar-refractivity contribution is -0.914. The molecule has 11 heavy (non-hydrogen) atoms. The predicted molar refractivity (Wildman–Crippen MR) is 49.4 cm³/mol. The highest BCUT2D eigenvalue weighted by Crippen LogP contribution is 2.22. The van der Waals surface area contributed by atoms with Crippen molar-refractivity contribution in [1.29, 1.82) is 0 Å². The first-order valence-corrected chi connectivity index (χ1v) is 5.09. The third-order valence-electron chi connectivity index (χ3n) is 2.13. The van der Waals surface area contributed by atoms with E-state index in [1.165, 1.54) is 0 Å². The molecule has 0 spiro atoms. The van der Waals surface area contributed by atoms with Gasteiger partial charge in [-0.1, -0.05) is 24.8 Å². The molecule has 1 aliphatic rings. The third kappa shape index (κ3) is 1.98. The molecule has 3 heteroatoms. The lowest BCUT2D eigenvalue weighted by Crippen LogP contribution is -3.19. The zero-order chi connectivity index (χ0) is 8.27. The molecule has 0 radical (unpaired) electrons. The fourth-order valence-corrected chi connectivity index (χ4v) is 2.53. The smallest absolute Gasteiger partial charge is 0.142 e. The van der Waals surface area contributed by atoms with E-state index in [2.05, 4.69) is 13.5 Å². The number of quaternary nitrogens is 1. The van der Waals surface area contributed by atoms with Gasteiger partial charge in [0.1, 0.15) is 5.37 Å². The normalized spacial score (nSPS) is 36.4. The SMILES string of the molecule is C=CCSC1C(CC)C[NH+]1[O-]. The summed E-state index contributed by atoms with van der Waals surface area (Å²) in [5.74, 6) is 1.56. The number of thioether (sulfide) groups is 1. The molecule has 0 aliphatic carbocycles. The lowest BCUT2D eigenvalue weighted by atomic mass is 10.00. The van der Waals surface area contributed by atoms with Crippen molar-refractivity contribution in [1.82, 2.24) is 0 Å². The third-order valence-corrected chi connectivity index (χ3v) is 3.56. The molecule has 0 saturated carbocycles. The molecule has 3 atom stereocenters. The second kappa shape index (κ2) is 4.14. The summed E-state index contributed by atoms with van der Waals surface area (Å²) in [5.41, 5.74) is 0. The molecule has 1 saturated heterocycles. The molecule has 64 valence electrons. The monoisotopic (exact) mass is 173 g/mol. The maximum Gasteiger partial charge on any atom is 0.142 e. The van der Waals surface area contributed by atoms with E-state index in [0.717, 1.165) is 18.7 Å². The number of rotatable bonds is 4. The van der Waals surface area contributed by atoms with Crippen LogP contribution in [0.25, 0.3) is 0 Å². The second-order valence-corrected chi connectivity index (χ2v) is 4.06. The summed E-state index contributed by atoms with van der Waals surface area (Å²) in [6, 6.07) is 0. The van der Waals surface area contributed by atoms with Gasteiger partial charge in [-0.2, -0.15) is 0 Å². The Kier molecular flexibility index (Phi) is 3.43. The first kappa shape index (κ1) is 9.10. The molecular weight excluding hydrogens is 158 g/mol. The van der Waals surface area contributed by atoms with Gasteiger partial charge in [0.2, 0.25) is 0 Å². The molecule has 3 unspecified atom stereocenters. The average molecular weight is 173 g/mol. The summed E-state index contributed by atoms with van der Waals surface area (Å²) < 4.78 is 0. The number of hydrogen-bond acceptors (Lipinski definition) is 2. The van der Waals surface area contributed by atoms with Gasteiger partial charge in [-0.25, -0.2) is 0 Å². The summed E-state index contributed by atoms with van der Waals surface area (Å²) in [6.07, 6.45) is 3.00. The minimum atomic E-state index is 0.290. The molecule has 0 aromatic heterocycles. The van der Waals surface area contributed by atoms with E-state index in [1.807, 2.05) is 6.08 Å². The number of nitrogens with one attached hydrogen (secondary N) is 1. The molecule has 1 N–H and O–H groups in total. The van der Waals surface area contributed by atoms with Gasteiger partial charge in [0.15, 0.2) is 0 Å². The molecular formula is C8H15NOS. The van der Waals surface area contributed by atoms with Crippen LogP contribution in [0.2, 0.25) is 0 Å². The molecule has 1 aliphatic heterocycles. The molecule has 0 amide bonds. The molecule has 0 bridgehead atoms. The van der Waals surface area contributed by atoms with Crippen LogP contribution >= 0.6 is 11.8 Å². The number of hydroxylamine groups is 2. The van der Waals surface area contributed by atoms with Crippen LogP contribution < -0.4 is 5.06 Å². The van der Waals surface area contributed by atoms with Gasteiger partial charge >= 0.3 is 0 Å². The van der Waals surface area contributed by atoms with Crippen molar-refractivity contribution in [3.8, 4) is 0 Å². The van der Waals surface area contributed by atoms with Gasteiger partial charge in [-0.3, -0.25) is 0 Å². The molecule has 1 fully saturated rings. The first-order chi connectivity index (χ1) is 5.29. The Labute approximate surface area is 72.2 Å². The highest BCUT2D eigenvalue weighted by atomic mass is 32.2. The summed E-state index contributed by atoms with van der Waals surface area (Å²) in [5, 5.41) is 11.8. The molecule has 0 aromatic rings. The number of hydrogen-bond donors (Lipinski definition) is 1. The minimum absolute atomic E-state index is 0.290. The molecule has 1 heterocycles. The Hall–Kier alpha value is 0.01000. The van der Waals surface area contributed by atoms with Crippen LogP contribution in [-0.4, -0.2) is 17.7 Å². The fourth-order valence-electron chi connectivity index (χ4n) is 1.34. The van der Waals surface area contributed by atoms with E-state index in [-0.39, 0.29) is 5.37 Å². The van der Waals surface area contributed by atoms with Gasteiger partial charge in [0.05, 0.1) is 12.5 Å². The minimum Gasteiger partial charge on any atom is -0.633 e. The zero-order valence-electron chi connectivity index (χ0n) is 6.88. The fraction of sp³-hybridized carbons (Fsp3) is 0.750. The maximum atomic E-state index is 11.1. The van der Waals surface area contributed by atoms with Crippen LogP contribution in [0.4, 0.5) is 0 Å². The average Bonchev–Trinajstić information content (AvgIpc) is 2.00. The molecule has 1 rings (SSSR count). The summed E-state index contributed by atoms with van der Waals surface area (Å²) >= 11 is 1.74. The van der Waals surface area contributed by atoms with Crippen molar-refractivity contribution in [2.45, 2.75) is 18.7 Å². The van der Waals surface area contributed by atoms with Gasteiger partial charge in [0.25, 0.3) is 0 Å². The van der Waals surface area contributed by atoms with E-state index < -0.39 is 0 Å². The zero-order valence-corrected chi connectivity index (χ0v) is 7.69.